The lowest BCUT2D eigenvalue weighted by Gasteiger charge is -2.36. The Bertz CT molecular complexity index is 891. The number of tetrazole rings is 1. The summed E-state index contributed by atoms with van der Waals surface area (Å²) in [6.45, 7) is 2.91. The van der Waals surface area contributed by atoms with Crippen molar-refractivity contribution in [3.05, 3.63) is 65.4 Å². The van der Waals surface area contributed by atoms with Gasteiger partial charge in [0.15, 0.2) is 0 Å². The first-order valence-corrected chi connectivity index (χ1v) is 8.72. The molecule has 2 aromatic carbocycles. The molecule has 1 aliphatic heterocycles. The molecule has 132 valence electrons. The maximum atomic E-state index is 13.1. The van der Waals surface area contributed by atoms with E-state index in [1.807, 2.05) is 23.1 Å². The molecule has 0 atom stereocenters. The summed E-state index contributed by atoms with van der Waals surface area (Å²) in [5, 5.41) is 11.7. The first kappa shape index (κ1) is 16.5. The van der Waals surface area contributed by atoms with Crippen LogP contribution >= 0.6 is 11.6 Å². The second kappa shape index (κ2) is 7.13. The number of piperazine rings is 1. The van der Waals surface area contributed by atoms with Gasteiger partial charge in [-0.1, -0.05) is 29.8 Å². The predicted octanol–water partition coefficient (Wildman–Crippen LogP) is 2.28. The highest BCUT2D eigenvalue weighted by atomic mass is 35.5. The van der Waals surface area contributed by atoms with E-state index in [-0.39, 0.29) is 5.91 Å². The number of halogens is 1. The van der Waals surface area contributed by atoms with Crippen molar-refractivity contribution in [3.8, 4) is 5.69 Å². The van der Waals surface area contributed by atoms with Crippen LogP contribution in [0.25, 0.3) is 5.69 Å². The average Bonchev–Trinajstić information content (AvgIpc) is 3.23. The zero-order chi connectivity index (χ0) is 17.9. The summed E-state index contributed by atoms with van der Waals surface area (Å²) in [6.07, 6.45) is 1.45. The number of amides is 1. The monoisotopic (exact) mass is 368 g/mol. The van der Waals surface area contributed by atoms with Gasteiger partial charge in [-0.2, -0.15) is 4.68 Å². The maximum absolute atomic E-state index is 13.1. The van der Waals surface area contributed by atoms with Crippen molar-refractivity contribution in [2.45, 2.75) is 0 Å². The fourth-order valence-electron chi connectivity index (χ4n) is 3.12. The molecule has 7 nitrogen and oxygen atoms in total. The van der Waals surface area contributed by atoms with E-state index in [1.54, 1.807) is 18.2 Å². The first-order valence-electron chi connectivity index (χ1n) is 8.34. The van der Waals surface area contributed by atoms with Crippen LogP contribution in [0.5, 0.6) is 0 Å². The Labute approximate surface area is 155 Å². The molecule has 0 N–H and O–H groups in total. The van der Waals surface area contributed by atoms with Gasteiger partial charge in [0.05, 0.1) is 11.3 Å². The fourth-order valence-corrected chi connectivity index (χ4v) is 3.29. The van der Waals surface area contributed by atoms with Gasteiger partial charge >= 0.3 is 0 Å². The minimum Gasteiger partial charge on any atom is -0.368 e. The Balaban J connectivity index is 1.53. The van der Waals surface area contributed by atoms with Crippen LogP contribution in [0.2, 0.25) is 5.02 Å². The molecule has 1 aromatic heterocycles. The molecule has 26 heavy (non-hydrogen) atoms. The summed E-state index contributed by atoms with van der Waals surface area (Å²) >= 11 is 6.10. The molecule has 1 saturated heterocycles. The smallest absolute Gasteiger partial charge is 0.256 e. The molecular formula is C18H17ClN6O. The van der Waals surface area contributed by atoms with Crippen molar-refractivity contribution in [2.24, 2.45) is 0 Å². The van der Waals surface area contributed by atoms with Crippen molar-refractivity contribution < 1.29 is 4.79 Å². The van der Waals surface area contributed by atoms with Gasteiger partial charge in [0.1, 0.15) is 6.33 Å². The van der Waals surface area contributed by atoms with E-state index in [0.717, 1.165) is 13.1 Å². The second-order valence-electron chi connectivity index (χ2n) is 6.03. The number of hydrogen-bond acceptors (Lipinski definition) is 5. The summed E-state index contributed by atoms with van der Waals surface area (Å²) < 4.78 is 1.46. The molecule has 0 radical (unpaired) electrons. The highest BCUT2D eigenvalue weighted by molar-refractivity contribution is 6.31. The Morgan fingerprint density at radius 3 is 2.46 bits per heavy atom. The zero-order valence-corrected chi connectivity index (χ0v) is 14.8. The second-order valence-corrected chi connectivity index (χ2v) is 6.47. The number of nitrogens with zero attached hydrogens (tertiary/aromatic N) is 6. The van der Waals surface area contributed by atoms with Crippen molar-refractivity contribution in [1.29, 1.82) is 0 Å². The summed E-state index contributed by atoms with van der Waals surface area (Å²) in [6, 6.07) is 15.4. The van der Waals surface area contributed by atoms with Crippen LogP contribution in [0.1, 0.15) is 10.4 Å². The van der Waals surface area contributed by atoms with Gasteiger partial charge in [-0.15, -0.1) is 5.10 Å². The molecule has 0 bridgehead atoms. The molecule has 1 amide bonds. The summed E-state index contributed by atoms with van der Waals surface area (Å²) in [5.41, 5.74) is 2.30. The molecule has 1 fully saturated rings. The maximum Gasteiger partial charge on any atom is 0.256 e. The van der Waals surface area contributed by atoms with Gasteiger partial charge in [-0.05, 0) is 40.8 Å². The van der Waals surface area contributed by atoms with Gasteiger partial charge < -0.3 is 9.80 Å². The quantitative estimate of drug-likeness (QED) is 0.709. The minimum absolute atomic E-state index is 0.0418. The predicted molar refractivity (Wildman–Crippen MR) is 98.7 cm³/mol. The lowest BCUT2D eigenvalue weighted by molar-refractivity contribution is 0.0746. The van der Waals surface area contributed by atoms with Crippen LogP contribution in [0.4, 0.5) is 5.69 Å². The van der Waals surface area contributed by atoms with Gasteiger partial charge in [0.25, 0.3) is 5.91 Å². The molecule has 2 heterocycles. The SMILES string of the molecule is O=C(c1ccc(Cl)cc1-n1cnnn1)N1CCN(c2ccccc2)CC1. The summed E-state index contributed by atoms with van der Waals surface area (Å²) in [5.74, 6) is -0.0418. The molecular weight excluding hydrogens is 352 g/mol. The molecule has 4 rings (SSSR count). The minimum atomic E-state index is -0.0418. The van der Waals surface area contributed by atoms with E-state index in [2.05, 4.69) is 32.6 Å². The van der Waals surface area contributed by atoms with E-state index in [0.29, 0.717) is 29.4 Å². The molecule has 0 aliphatic carbocycles. The molecule has 3 aromatic rings. The van der Waals surface area contributed by atoms with Crippen LogP contribution in [-0.4, -0.2) is 57.2 Å². The summed E-state index contributed by atoms with van der Waals surface area (Å²) in [4.78, 5) is 17.2. The third-order valence-electron chi connectivity index (χ3n) is 4.47. The molecule has 8 heteroatoms. The lowest BCUT2D eigenvalue weighted by Crippen LogP contribution is -2.49. The highest BCUT2D eigenvalue weighted by Gasteiger charge is 2.24. The van der Waals surface area contributed by atoms with E-state index in [9.17, 15) is 4.79 Å². The van der Waals surface area contributed by atoms with Gasteiger partial charge in [-0.25, -0.2) is 0 Å². The highest BCUT2D eigenvalue weighted by Crippen LogP contribution is 2.22. The Hall–Kier alpha value is -2.93. The van der Waals surface area contributed by atoms with Crippen LogP contribution < -0.4 is 4.90 Å². The normalized spacial score (nSPS) is 14.5. The van der Waals surface area contributed by atoms with E-state index < -0.39 is 0 Å². The van der Waals surface area contributed by atoms with Crippen LogP contribution in [0.3, 0.4) is 0 Å². The molecule has 0 saturated carbocycles. The van der Waals surface area contributed by atoms with Crippen molar-refractivity contribution in [2.75, 3.05) is 31.1 Å². The fraction of sp³-hybridized carbons (Fsp3) is 0.222. The van der Waals surface area contributed by atoms with Crippen molar-refractivity contribution in [1.82, 2.24) is 25.1 Å². The lowest BCUT2D eigenvalue weighted by atomic mass is 10.1. The zero-order valence-electron chi connectivity index (χ0n) is 14.0. The number of anilines is 1. The largest absolute Gasteiger partial charge is 0.368 e. The van der Waals surface area contributed by atoms with Gasteiger partial charge in [0, 0.05) is 36.9 Å². The van der Waals surface area contributed by atoms with Gasteiger partial charge in [-0.3, -0.25) is 4.79 Å². The number of rotatable bonds is 3. The van der Waals surface area contributed by atoms with Crippen LogP contribution in [0, 0.1) is 0 Å². The first-order chi connectivity index (χ1) is 12.7. The van der Waals surface area contributed by atoms with Gasteiger partial charge in [0.2, 0.25) is 0 Å². The van der Waals surface area contributed by atoms with Crippen LogP contribution in [0.15, 0.2) is 54.9 Å². The van der Waals surface area contributed by atoms with E-state index in [1.165, 1.54) is 16.7 Å². The molecule has 0 spiro atoms. The third-order valence-corrected chi connectivity index (χ3v) is 4.71. The number of hydrogen-bond donors (Lipinski definition) is 0. The van der Waals surface area contributed by atoms with Crippen molar-refractivity contribution >= 4 is 23.2 Å². The molecule has 1 aliphatic rings. The number of para-hydroxylation sites is 1. The van der Waals surface area contributed by atoms with E-state index >= 15 is 0 Å². The third kappa shape index (κ3) is 3.25. The standard InChI is InChI=1S/C18H17ClN6O/c19-14-6-7-16(17(12-14)25-13-20-21-22-25)18(26)24-10-8-23(9-11-24)15-4-2-1-3-5-15/h1-7,12-13H,8-11H2. The number of benzene rings is 2. The Morgan fingerprint density at radius 1 is 1.00 bits per heavy atom. The number of carbonyl (C=O) groups is 1. The number of carbonyl (C=O) groups excluding carboxylic acids is 1. The van der Waals surface area contributed by atoms with Crippen molar-refractivity contribution in [3.63, 3.8) is 0 Å². The molecule has 0 unspecified atom stereocenters. The topological polar surface area (TPSA) is 67.2 Å². The Morgan fingerprint density at radius 2 is 1.77 bits per heavy atom. The Kier molecular flexibility index (Phi) is 4.53. The van der Waals surface area contributed by atoms with E-state index in [4.69, 9.17) is 11.6 Å². The summed E-state index contributed by atoms with van der Waals surface area (Å²) in [7, 11) is 0. The van der Waals surface area contributed by atoms with Crippen LogP contribution in [-0.2, 0) is 0 Å². The number of aromatic nitrogens is 4. The average molecular weight is 369 g/mol.